The number of carbonyl (C=O) groups is 1. The first-order valence-corrected chi connectivity index (χ1v) is 7.25. The molecule has 1 aliphatic carbocycles. The van der Waals surface area contributed by atoms with Crippen LogP contribution in [-0.2, 0) is 11.2 Å². The predicted molar refractivity (Wildman–Crippen MR) is 77.8 cm³/mol. The third kappa shape index (κ3) is 2.98. The third-order valence-electron chi connectivity index (χ3n) is 4.07. The van der Waals surface area contributed by atoms with E-state index in [2.05, 4.69) is 31.2 Å². The number of amides is 1. The molecular weight excluding hydrogens is 236 g/mol. The number of hydrogen-bond donors (Lipinski definition) is 1. The van der Waals surface area contributed by atoms with E-state index in [9.17, 15) is 4.79 Å². The zero-order valence-corrected chi connectivity index (χ0v) is 11.9. The molecule has 2 N–H and O–H groups in total. The Morgan fingerprint density at radius 1 is 1.47 bits per heavy atom. The molecule has 0 fully saturated rings. The van der Waals surface area contributed by atoms with Gasteiger partial charge in [-0.25, -0.2) is 0 Å². The van der Waals surface area contributed by atoms with Gasteiger partial charge in [-0.15, -0.1) is 0 Å². The minimum atomic E-state index is -0.357. The number of likely N-dealkylation sites (N-methyl/N-ethyl adjacent to an activating group) is 1. The first-order valence-electron chi connectivity index (χ1n) is 7.25. The fourth-order valence-electron chi connectivity index (χ4n) is 2.98. The maximum Gasteiger partial charge on any atom is 0.239 e. The van der Waals surface area contributed by atoms with Crippen molar-refractivity contribution < 1.29 is 4.79 Å². The van der Waals surface area contributed by atoms with Gasteiger partial charge in [0.2, 0.25) is 5.91 Å². The molecule has 0 spiro atoms. The average molecular weight is 260 g/mol. The molecular formula is C16H24N2O. The van der Waals surface area contributed by atoms with Crippen molar-refractivity contribution in [3.63, 3.8) is 0 Å². The summed E-state index contributed by atoms with van der Waals surface area (Å²) in [6.07, 6.45) is 5.01. The van der Waals surface area contributed by atoms with E-state index in [1.54, 1.807) is 0 Å². The number of fused-ring (bicyclic) bond motifs is 1. The normalized spacial score (nSPS) is 19.6. The van der Waals surface area contributed by atoms with Gasteiger partial charge in [-0.2, -0.15) is 0 Å². The van der Waals surface area contributed by atoms with Gasteiger partial charge in [-0.3, -0.25) is 4.79 Å². The van der Waals surface area contributed by atoms with Crippen LogP contribution >= 0.6 is 0 Å². The summed E-state index contributed by atoms with van der Waals surface area (Å²) in [6.45, 7) is 2.06. The molecule has 19 heavy (non-hydrogen) atoms. The zero-order chi connectivity index (χ0) is 13.8. The predicted octanol–water partition coefficient (Wildman–Crippen LogP) is 2.65. The number of aryl methyl sites for hydroxylation is 1. The number of carbonyl (C=O) groups excluding carboxylic acids is 1. The van der Waals surface area contributed by atoms with Crippen LogP contribution in [0.15, 0.2) is 24.3 Å². The second-order valence-corrected chi connectivity index (χ2v) is 5.45. The Bertz CT molecular complexity index is 444. The largest absolute Gasteiger partial charge is 0.337 e. The Morgan fingerprint density at radius 3 is 2.95 bits per heavy atom. The zero-order valence-electron chi connectivity index (χ0n) is 11.9. The molecule has 104 valence electrons. The lowest BCUT2D eigenvalue weighted by atomic mass is 9.86. The highest BCUT2D eigenvalue weighted by molar-refractivity contribution is 5.81. The van der Waals surface area contributed by atoms with E-state index in [0.717, 1.165) is 32.1 Å². The average Bonchev–Trinajstić information content (AvgIpc) is 2.45. The van der Waals surface area contributed by atoms with Crippen LogP contribution in [0.25, 0.3) is 0 Å². The molecule has 1 aliphatic rings. The van der Waals surface area contributed by atoms with E-state index in [1.807, 2.05) is 11.9 Å². The molecule has 0 aromatic heterocycles. The van der Waals surface area contributed by atoms with E-state index in [-0.39, 0.29) is 18.0 Å². The van der Waals surface area contributed by atoms with Gasteiger partial charge in [-0.05, 0) is 36.8 Å². The van der Waals surface area contributed by atoms with Gasteiger partial charge >= 0.3 is 0 Å². The van der Waals surface area contributed by atoms with Crippen molar-refractivity contribution in [2.75, 3.05) is 7.05 Å². The maximum absolute atomic E-state index is 12.3. The van der Waals surface area contributed by atoms with Gasteiger partial charge in [0.15, 0.2) is 0 Å². The smallest absolute Gasteiger partial charge is 0.239 e. The van der Waals surface area contributed by atoms with Crippen LogP contribution in [0, 0.1) is 0 Å². The third-order valence-corrected chi connectivity index (χ3v) is 4.07. The van der Waals surface area contributed by atoms with E-state index < -0.39 is 0 Å². The van der Waals surface area contributed by atoms with Crippen molar-refractivity contribution in [1.82, 2.24) is 4.90 Å². The van der Waals surface area contributed by atoms with Crippen molar-refractivity contribution in [1.29, 1.82) is 0 Å². The fourth-order valence-corrected chi connectivity index (χ4v) is 2.98. The van der Waals surface area contributed by atoms with Gasteiger partial charge in [0, 0.05) is 7.05 Å². The molecule has 1 aromatic carbocycles. The highest BCUT2D eigenvalue weighted by Gasteiger charge is 2.28. The van der Waals surface area contributed by atoms with Gasteiger partial charge in [0.25, 0.3) is 0 Å². The van der Waals surface area contributed by atoms with Crippen molar-refractivity contribution in [2.45, 2.75) is 51.1 Å². The van der Waals surface area contributed by atoms with Crippen LogP contribution in [0.1, 0.15) is 49.8 Å². The highest BCUT2D eigenvalue weighted by atomic mass is 16.2. The van der Waals surface area contributed by atoms with Crippen LogP contribution in [0.2, 0.25) is 0 Å². The summed E-state index contributed by atoms with van der Waals surface area (Å²) in [5.74, 6) is 0.0727. The summed E-state index contributed by atoms with van der Waals surface area (Å²) in [7, 11) is 1.89. The molecule has 0 saturated carbocycles. The Labute approximate surface area is 115 Å². The minimum Gasteiger partial charge on any atom is -0.337 e. The van der Waals surface area contributed by atoms with Gasteiger partial charge in [-0.1, -0.05) is 37.6 Å². The first kappa shape index (κ1) is 14.1. The minimum absolute atomic E-state index is 0.0727. The molecule has 1 amide bonds. The van der Waals surface area contributed by atoms with E-state index in [0.29, 0.717) is 0 Å². The van der Waals surface area contributed by atoms with E-state index in [4.69, 9.17) is 5.73 Å². The first-order chi connectivity index (χ1) is 9.15. The Morgan fingerprint density at radius 2 is 2.21 bits per heavy atom. The molecule has 0 aliphatic heterocycles. The van der Waals surface area contributed by atoms with Crippen LogP contribution < -0.4 is 5.73 Å². The molecule has 3 heteroatoms. The molecule has 0 bridgehead atoms. The molecule has 0 heterocycles. The van der Waals surface area contributed by atoms with Crippen LogP contribution in [0.5, 0.6) is 0 Å². The summed E-state index contributed by atoms with van der Waals surface area (Å²) in [5, 5.41) is 0. The van der Waals surface area contributed by atoms with Gasteiger partial charge in [0.1, 0.15) is 0 Å². The number of nitrogens with zero attached hydrogens (tertiary/aromatic N) is 1. The Hall–Kier alpha value is -1.35. The van der Waals surface area contributed by atoms with Crippen LogP contribution in [0.3, 0.4) is 0 Å². The highest BCUT2D eigenvalue weighted by Crippen LogP contribution is 2.33. The van der Waals surface area contributed by atoms with Gasteiger partial charge < -0.3 is 10.6 Å². The molecule has 1 aromatic rings. The summed E-state index contributed by atoms with van der Waals surface area (Å²) >= 11 is 0. The lowest BCUT2D eigenvalue weighted by molar-refractivity contribution is -0.134. The fraction of sp³-hybridized carbons (Fsp3) is 0.562. The summed E-state index contributed by atoms with van der Waals surface area (Å²) in [4.78, 5) is 14.2. The van der Waals surface area contributed by atoms with Gasteiger partial charge in [0.05, 0.1) is 12.1 Å². The van der Waals surface area contributed by atoms with Crippen molar-refractivity contribution in [3.05, 3.63) is 35.4 Å². The topological polar surface area (TPSA) is 46.3 Å². The lowest BCUT2D eigenvalue weighted by Crippen LogP contribution is -2.44. The number of nitrogens with two attached hydrogens (primary N) is 1. The Balaban J connectivity index is 2.16. The maximum atomic E-state index is 12.3. The standard InChI is InChI=1S/C16H24N2O/c1-3-7-14(17)16(19)18(2)15-11-6-9-12-8-4-5-10-13(12)15/h4-5,8,10,14-15H,3,6-7,9,11,17H2,1-2H3. The summed E-state index contributed by atoms with van der Waals surface area (Å²) in [5.41, 5.74) is 8.64. The molecule has 3 nitrogen and oxygen atoms in total. The number of hydrogen-bond acceptors (Lipinski definition) is 2. The second-order valence-electron chi connectivity index (χ2n) is 5.45. The molecule has 0 radical (unpaired) electrons. The van der Waals surface area contributed by atoms with Crippen molar-refractivity contribution >= 4 is 5.91 Å². The Kier molecular flexibility index (Phi) is 4.59. The molecule has 2 unspecified atom stereocenters. The number of benzene rings is 1. The van der Waals surface area contributed by atoms with Crippen LogP contribution in [-0.4, -0.2) is 23.9 Å². The molecule has 0 saturated heterocycles. The SMILES string of the molecule is CCCC(N)C(=O)N(C)C1CCCc2ccccc21. The van der Waals surface area contributed by atoms with Crippen molar-refractivity contribution in [2.24, 2.45) is 5.73 Å². The van der Waals surface area contributed by atoms with Crippen LogP contribution in [0.4, 0.5) is 0 Å². The van der Waals surface area contributed by atoms with E-state index >= 15 is 0 Å². The molecule has 2 rings (SSSR count). The second kappa shape index (κ2) is 6.20. The van der Waals surface area contributed by atoms with Crippen molar-refractivity contribution in [3.8, 4) is 0 Å². The number of rotatable bonds is 4. The summed E-state index contributed by atoms with van der Waals surface area (Å²) in [6, 6.07) is 8.29. The van der Waals surface area contributed by atoms with E-state index in [1.165, 1.54) is 11.1 Å². The lowest BCUT2D eigenvalue weighted by Gasteiger charge is -2.34. The summed E-state index contributed by atoms with van der Waals surface area (Å²) < 4.78 is 0. The molecule has 2 atom stereocenters. The quantitative estimate of drug-likeness (QED) is 0.904. The monoisotopic (exact) mass is 260 g/mol.